The van der Waals surface area contributed by atoms with Crippen LogP contribution in [0.15, 0.2) is 18.2 Å². The highest BCUT2D eigenvalue weighted by Gasteiger charge is 2.22. The van der Waals surface area contributed by atoms with Crippen molar-refractivity contribution >= 4 is 5.82 Å². The third-order valence-corrected chi connectivity index (χ3v) is 5.04. The molecule has 128 valence electrons. The molecule has 0 aromatic carbocycles. The Morgan fingerprint density at radius 2 is 2.04 bits per heavy atom. The van der Waals surface area contributed by atoms with E-state index in [2.05, 4.69) is 39.2 Å². The number of pyridine rings is 1. The van der Waals surface area contributed by atoms with Crippen LogP contribution in [0.25, 0.3) is 0 Å². The summed E-state index contributed by atoms with van der Waals surface area (Å²) in [6, 6.07) is 7.31. The maximum atomic E-state index is 5.51. The van der Waals surface area contributed by atoms with Crippen LogP contribution >= 0.6 is 0 Å². The molecule has 1 aromatic heterocycles. The summed E-state index contributed by atoms with van der Waals surface area (Å²) in [6.45, 7) is 11.9. The van der Waals surface area contributed by atoms with Gasteiger partial charge in [-0.05, 0) is 38.8 Å². The molecule has 0 saturated carbocycles. The van der Waals surface area contributed by atoms with Crippen molar-refractivity contribution in [2.24, 2.45) is 0 Å². The number of aromatic nitrogens is 1. The van der Waals surface area contributed by atoms with Crippen molar-refractivity contribution in [3.63, 3.8) is 0 Å². The van der Waals surface area contributed by atoms with E-state index in [0.29, 0.717) is 12.1 Å². The zero-order valence-electron chi connectivity index (χ0n) is 14.5. The second-order valence-corrected chi connectivity index (χ2v) is 6.88. The van der Waals surface area contributed by atoms with Gasteiger partial charge in [-0.1, -0.05) is 6.07 Å². The summed E-state index contributed by atoms with van der Waals surface area (Å²) in [5.74, 6) is 1.02. The number of nitrogens with one attached hydrogen (secondary N) is 1. The van der Waals surface area contributed by atoms with E-state index in [1.54, 1.807) is 0 Å². The number of likely N-dealkylation sites (tertiary alicyclic amines) is 1. The molecule has 0 aliphatic carbocycles. The summed E-state index contributed by atoms with van der Waals surface area (Å²) in [4.78, 5) is 9.71. The molecule has 5 nitrogen and oxygen atoms in total. The Kier molecular flexibility index (Phi) is 5.86. The molecule has 0 amide bonds. The van der Waals surface area contributed by atoms with Crippen LogP contribution in [0.1, 0.15) is 25.5 Å². The Morgan fingerprint density at radius 1 is 1.22 bits per heavy atom. The van der Waals surface area contributed by atoms with Crippen molar-refractivity contribution in [3.05, 3.63) is 23.9 Å². The van der Waals surface area contributed by atoms with Crippen molar-refractivity contribution < 1.29 is 4.74 Å². The molecular weight excluding hydrogens is 288 g/mol. The number of piperidine rings is 1. The summed E-state index contributed by atoms with van der Waals surface area (Å²) in [5, 5.41) is 3.59. The number of hydrogen-bond acceptors (Lipinski definition) is 5. The minimum atomic E-state index is 0.558. The molecule has 0 spiro atoms. The third-order valence-electron chi connectivity index (χ3n) is 5.04. The molecule has 3 heterocycles. The maximum absolute atomic E-state index is 5.51. The third kappa shape index (κ3) is 4.90. The van der Waals surface area contributed by atoms with Gasteiger partial charge in [0, 0.05) is 50.5 Å². The highest BCUT2D eigenvalue weighted by Crippen LogP contribution is 2.16. The van der Waals surface area contributed by atoms with Gasteiger partial charge in [-0.2, -0.15) is 0 Å². The van der Waals surface area contributed by atoms with E-state index in [0.717, 1.165) is 31.3 Å². The first-order valence-electron chi connectivity index (χ1n) is 8.95. The Balaban J connectivity index is 1.38. The maximum Gasteiger partial charge on any atom is 0.126 e. The van der Waals surface area contributed by atoms with E-state index in [1.807, 2.05) is 13.0 Å². The van der Waals surface area contributed by atoms with E-state index >= 15 is 0 Å². The summed E-state index contributed by atoms with van der Waals surface area (Å²) in [6.07, 6.45) is 2.41. The van der Waals surface area contributed by atoms with Crippen molar-refractivity contribution in [3.8, 4) is 0 Å². The predicted molar refractivity (Wildman–Crippen MR) is 93.9 cm³/mol. The highest BCUT2D eigenvalue weighted by atomic mass is 16.5. The Labute approximate surface area is 140 Å². The van der Waals surface area contributed by atoms with Gasteiger partial charge in [0.25, 0.3) is 0 Å². The molecule has 1 aromatic rings. The first kappa shape index (κ1) is 16.7. The Hall–Kier alpha value is -1.17. The normalized spacial score (nSPS) is 24.7. The van der Waals surface area contributed by atoms with Crippen LogP contribution in [0.3, 0.4) is 0 Å². The number of anilines is 1. The molecule has 2 aliphatic heterocycles. The molecule has 5 heteroatoms. The minimum absolute atomic E-state index is 0.558. The monoisotopic (exact) mass is 318 g/mol. The molecule has 2 saturated heterocycles. The second kappa shape index (κ2) is 8.08. The van der Waals surface area contributed by atoms with Crippen LogP contribution < -0.4 is 5.32 Å². The van der Waals surface area contributed by atoms with Gasteiger partial charge in [-0.15, -0.1) is 0 Å². The lowest BCUT2D eigenvalue weighted by atomic mass is 10.0. The molecule has 23 heavy (non-hydrogen) atoms. The van der Waals surface area contributed by atoms with Crippen molar-refractivity contribution in [2.45, 2.75) is 38.8 Å². The smallest absolute Gasteiger partial charge is 0.126 e. The topological polar surface area (TPSA) is 40.6 Å². The number of ether oxygens (including phenoxy) is 1. The molecule has 0 bridgehead atoms. The van der Waals surface area contributed by atoms with Gasteiger partial charge in [-0.3, -0.25) is 4.90 Å². The van der Waals surface area contributed by atoms with Crippen LogP contribution in [0, 0.1) is 6.92 Å². The largest absolute Gasteiger partial charge is 0.379 e. The summed E-state index contributed by atoms with van der Waals surface area (Å²) >= 11 is 0. The second-order valence-electron chi connectivity index (χ2n) is 6.88. The molecule has 1 atom stereocenters. The highest BCUT2D eigenvalue weighted by molar-refractivity contribution is 5.36. The minimum Gasteiger partial charge on any atom is -0.379 e. The van der Waals surface area contributed by atoms with Crippen LogP contribution in [-0.2, 0) is 4.74 Å². The van der Waals surface area contributed by atoms with Gasteiger partial charge in [0.1, 0.15) is 5.82 Å². The number of hydrogen-bond donors (Lipinski definition) is 1. The van der Waals surface area contributed by atoms with Gasteiger partial charge in [0.2, 0.25) is 0 Å². The van der Waals surface area contributed by atoms with Crippen LogP contribution in [0.5, 0.6) is 0 Å². The van der Waals surface area contributed by atoms with Crippen LogP contribution in [0.4, 0.5) is 5.82 Å². The zero-order valence-corrected chi connectivity index (χ0v) is 14.5. The van der Waals surface area contributed by atoms with Crippen molar-refractivity contribution in [1.29, 1.82) is 0 Å². The average molecular weight is 318 g/mol. The van der Waals surface area contributed by atoms with E-state index in [9.17, 15) is 0 Å². The summed E-state index contributed by atoms with van der Waals surface area (Å²) in [5.41, 5.74) is 1.08. The molecule has 1 unspecified atom stereocenters. The average Bonchev–Trinajstić information content (AvgIpc) is 2.56. The molecule has 1 N–H and O–H groups in total. The Morgan fingerprint density at radius 3 is 2.78 bits per heavy atom. The van der Waals surface area contributed by atoms with Crippen LogP contribution in [-0.4, -0.2) is 72.8 Å². The number of rotatable bonds is 5. The predicted octanol–water partition coefficient (Wildman–Crippen LogP) is 1.99. The van der Waals surface area contributed by atoms with E-state index in [-0.39, 0.29) is 0 Å². The SMILES string of the molecule is Cc1cccc(NC2CCN(CCN3CCOCC3C)CC2)n1. The van der Waals surface area contributed by atoms with Crippen molar-refractivity contribution in [2.75, 3.05) is 51.3 Å². The lowest BCUT2D eigenvalue weighted by Crippen LogP contribution is -2.48. The lowest BCUT2D eigenvalue weighted by Gasteiger charge is -2.37. The van der Waals surface area contributed by atoms with Gasteiger partial charge in [0.15, 0.2) is 0 Å². The first-order valence-corrected chi connectivity index (χ1v) is 8.95. The standard InChI is InChI=1S/C18H30N4O/c1-15-4-3-5-18(19-15)20-17-6-8-21(9-7-17)10-11-22-12-13-23-14-16(22)2/h3-5,16-17H,6-14H2,1-2H3,(H,19,20). The molecular formula is C18H30N4O. The number of morpholine rings is 1. The van der Waals surface area contributed by atoms with E-state index in [1.165, 1.54) is 39.0 Å². The molecule has 3 rings (SSSR count). The van der Waals surface area contributed by atoms with Gasteiger partial charge in [0.05, 0.1) is 13.2 Å². The fourth-order valence-electron chi connectivity index (χ4n) is 3.50. The number of aryl methyl sites for hydroxylation is 1. The lowest BCUT2D eigenvalue weighted by molar-refractivity contribution is -0.00476. The summed E-state index contributed by atoms with van der Waals surface area (Å²) in [7, 11) is 0. The van der Waals surface area contributed by atoms with Gasteiger partial charge < -0.3 is 15.0 Å². The van der Waals surface area contributed by atoms with Gasteiger partial charge >= 0.3 is 0 Å². The molecule has 2 aliphatic rings. The van der Waals surface area contributed by atoms with Gasteiger partial charge in [-0.25, -0.2) is 4.98 Å². The fourth-order valence-corrected chi connectivity index (χ4v) is 3.50. The zero-order chi connectivity index (χ0) is 16.1. The van der Waals surface area contributed by atoms with Crippen molar-refractivity contribution in [1.82, 2.24) is 14.8 Å². The molecule has 0 radical (unpaired) electrons. The summed E-state index contributed by atoms with van der Waals surface area (Å²) < 4.78 is 5.51. The fraction of sp³-hybridized carbons (Fsp3) is 0.722. The van der Waals surface area contributed by atoms with Crippen LogP contribution in [0.2, 0.25) is 0 Å². The molecule has 2 fully saturated rings. The number of nitrogens with zero attached hydrogens (tertiary/aromatic N) is 3. The quantitative estimate of drug-likeness (QED) is 0.899. The van der Waals surface area contributed by atoms with E-state index in [4.69, 9.17) is 4.74 Å². The van der Waals surface area contributed by atoms with E-state index < -0.39 is 0 Å². The Bertz CT molecular complexity index is 488. The first-order chi connectivity index (χ1) is 11.2.